The molecule has 3 amide bonds. The summed E-state index contributed by atoms with van der Waals surface area (Å²) >= 11 is 0. The number of carbonyl (C=O) groups is 3. The molecular formula is C25H49N3O9. The summed E-state index contributed by atoms with van der Waals surface area (Å²) in [5.74, 6) is 0. The molecule has 0 aromatic rings. The van der Waals surface area contributed by atoms with Crippen LogP contribution in [0.25, 0.3) is 0 Å². The van der Waals surface area contributed by atoms with Crippen molar-refractivity contribution in [2.24, 2.45) is 0 Å². The topological polar surface area (TPSA) is 136 Å². The van der Waals surface area contributed by atoms with Crippen LogP contribution in [0.1, 0.15) is 62.3 Å². The first-order chi connectivity index (χ1) is 16.9. The second-order valence-electron chi connectivity index (χ2n) is 11.3. The van der Waals surface area contributed by atoms with E-state index in [-0.39, 0.29) is 52.5 Å². The van der Waals surface area contributed by atoms with Crippen LogP contribution in [-0.2, 0) is 23.7 Å². The number of ether oxygens (including phenoxy) is 5. The molecule has 12 nitrogen and oxygen atoms in total. The SMILES string of the molecule is CC(C)(C)OC(=O)NCCN(CCN(CCOCCOCCO)C(=O)OC(C)(C)C)C(=O)OC(C)(C)C. The minimum absolute atomic E-state index is 0.0616. The minimum atomic E-state index is -0.718. The Labute approximate surface area is 221 Å². The molecule has 0 rings (SSSR count). The quantitative estimate of drug-likeness (QED) is 0.254. The van der Waals surface area contributed by atoms with Crippen molar-refractivity contribution < 1.29 is 43.2 Å². The Morgan fingerprint density at radius 3 is 1.49 bits per heavy atom. The highest BCUT2D eigenvalue weighted by molar-refractivity contribution is 5.70. The molecule has 0 aromatic carbocycles. The summed E-state index contributed by atoms with van der Waals surface area (Å²) in [7, 11) is 0. The van der Waals surface area contributed by atoms with Gasteiger partial charge in [0.1, 0.15) is 16.8 Å². The molecule has 0 atom stereocenters. The van der Waals surface area contributed by atoms with Gasteiger partial charge >= 0.3 is 18.3 Å². The average molecular weight is 536 g/mol. The summed E-state index contributed by atoms with van der Waals surface area (Å²) in [5, 5.41) is 11.4. The first kappa shape index (κ1) is 34.7. The Bertz CT molecular complexity index is 682. The van der Waals surface area contributed by atoms with Gasteiger partial charge in [-0.1, -0.05) is 0 Å². The highest BCUT2D eigenvalue weighted by Crippen LogP contribution is 2.12. The number of aliphatic hydroxyl groups is 1. The second kappa shape index (κ2) is 16.5. The van der Waals surface area contributed by atoms with Crippen molar-refractivity contribution >= 4 is 18.3 Å². The number of carbonyl (C=O) groups excluding carboxylic acids is 3. The van der Waals surface area contributed by atoms with Crippen molar-refractivity contribution in [3.05, 3.63) is 0 Å². The van der Waals surface area contributed by atoms with Gasteiger partial charge in [0.25, 0.3) is 0 Å². The lowest BCUT2D eigenvalue weighted by Gasteiger charge is -2.31. The highest BCUT2D eigenvalue weighted by Gasteiger charge is 2.26. The summed E-state index contributed by atoms with van der Waals surface area (Å²) in [6, 6.07) is 0. The third kappa shape index (κ3) is 20.4. The van der Waals surface area contributed by atoms with Crippen molar-refractivity contribution in [3.63, 3.8) is 0 Å². The van der Waals surface area contributed by atoms with Gasteiger partial charge in [0.2, 0.25) is 0 Å². The fourth-order valence-electron chi connectivity index (χ4n) is 2.65. The molecule has 0 bridgehead atoms. The molecule has 0 saturated heterocycles. The molecule has 0 aliphatic rings. The summed E-state index contributed by atoms with van der Waals surface area (Å²) in [5.41, 5.74) is -2.06. The molecule has 0 aliphatic carbocycles. The third-order valence-corrected chi connectivity index (χ3v) is 4.11. The van der Waals surface area contributed by atoms with Crippen LogP contribution in [0.4, 0.5) is 14.4 Å². The van der Waals surface area contributed by atoms with E-state index in [0.29, 0.717) is 13.2 Å². The van der Waals surface area contributed by atoms with E-state index in [9.17, 15) is 14.4 Å². The van der Waals surface area contributed by atoms with Gasteiger partial charge in [0, 0.05) is 32.7 Å². The van der Waals surface area contributed by atoms with E-state index < -0.39 is 35.1 Å². The predicted molar refractivity (Wildman–Crippen MR) is 139 cm³/mol. The van der Waals surface area contributed by atoms with E-state index >= 15 is 0 Å². The molecule has 0 spiro atoms. The van der Waals surface area contributed by atoms with Crippen molar-refractivity contribution in [1.29, 1.82) is 0 Å². The molecule has 0 heterocycles. The smallest absolute Gasteiger partial charge is 0.410 e. The van der Waals surface area contributed by atoms with E-state index in [1.165, 1.54) is 9.80 Å². The van der Waals surface area contributed by atoms with Crippen LogP contribution in [0.15, 0.2) is 0 Å². The van der Waals surface area contributed by atoms with Crippen molar-refractivity contribution in [3.8, 4) is 0 Å². The molecular weight excluding hydrogens is 486 g/mol. The number of amides is 3. The third-order valence-electron chi connectivity index (χ3n) is 4.11. The molecule has 0 aromatic heterocycles. The van der Waals surface area contributed by atoms with Crippen molar-refractivity contribution in [2.45, 2.75) is 79.1 Å². The zero-order valence-electron chi connectivity index (χ0n) is 24.2. The molecule has 12 heteroatoms. The summed E-state index contributed by atoms with van der Waals surface area (Å²) in [6.45, 7) is 17.7. The Morgan fingerprint density at radius 1 is 0.622 bits per heavy atom. The van der Waals surface area contributed by atoms with E-state index in [4.69, 9.17) is 28.8 Å². The van der Waals surface area contributed by atoms with Crippen molar-refractivity contribution in [1.82, 2.24) is 15.1 Å². The lowest BCUT2D eigenvalue weighted by molar-refractivity contribution is 0.00250. The zero-order chi connectivity index (χ0) is 28.7. The first-order valence-corrected chi connectivity index (χ1v) is 12.6. The fourth-order valence-corrected chi connectivity index (χ4v) is 2.65. The minimum Gasteiger partial charge on any atom is -0.444 e. The number of alkyl carbamates (subject to hydrolysis) is 1. The monoisotopic (exact) mass is 535 g/mol. The maximum Gasteiger partial charge on any atom is 0.410 e. The number of nitrogens with zero attached hydrogens (tertiary/aromatic N) is 2. The lowest BCUT2D eigenvalue weighted by atomic mass is 10.2. The van der Waals surface area contributed by atoms with Gasteiger partial charge in [-0.3, -0.25) is 0 Å². The molecule has 218 valence electrons. The predicted octanol–water partition coefficient (Wildman–Crippen LogP) is 3.01. The van der Waals surface area contributed by atoms with Crippen LogP contribution >= 0.6 is 0 Å². The standard InChI is InChI=1S/C25H49N3O9/c1-23(2,3)35-20(30)26-10-11-27(21(31)36-24(4,5)6)12-13-28(22(32)37-25(7,8)9)14-16-33-18-19-34-17-15-29/h29H,10-19H2,1-9H3,(H,26,30). The summed E-state index contributed by atoms with van der Waals surface area (Å²) in [4.78, 5) is 40.5. The molecule has 0 saturated carbocycles. The van der Waals surface area contributed by atoms with Gasteiger partial charge in [-0.05, 0) is 62.3 Å². The van der Waals surface area contributed by atoms with E-state index in [1.54, 1.807) is 62.3 Å². The van der Waals surface area contributed by atoms with Gasteiger partial charge < -0.3 is 43.9 Å². The Morgan fingerprint density at radius 2 is 1.05 bits per heavy atom. The highest BCUT2D eigenvalue weighted by atomic mass is 16.6. The maximum atomic E-state index is 12.8. The molecule has 2 N–H and O–H groups in total. The van der Waals surface area contributed by atoms with Crippen LogP contribution in [0.3, 0.4) is 0 Å². The van der Waals surface area contributed by atoms with E-state index in [1.807, 2.05) is 0 Å². The number of nitrogens with one attached hydrogen (secondary N) is 1. The molecule has 0 unspecified atom stereocenters. The lowest BCUT2D eigenvalue weighted by Crippen LogP contribution is -2.47. The van der Waals surface area contributed by atoms with Crippen LogP contribution < -0.4 is 5.32 Å². The van der Waals surface area contributed by atoms with Gasteiger partial charge in [-0.15, -0.1) is 0 Å². The van der Waals surface area contributed by atoms with Gasteiger partial charge in [0.15, 0.2) is 0 Å². The van der Waals surface area contributed by atoms with E-state index in [0.717, 1.165) is 0 Å². The van der Waals surface area contributed by atoms with Gasteiger partial charge in [-0.25, -0.2) is 14.4 Å². The average Bonchev–Trinajstić information content (AvgIpc) is 2.69. The van der Waals surface area contributed by atoms with Crippen molar-refractivity contribution in [2.75, 3.05) is 65.8 Å². The Balaban J connectivity index is 5.18. The number of aliphatic hydroxyl groups excluding tert-OH is 1. The number of hydrogen-bond acceptors (Lipinski definition) is 9. The van der Waals surface area contributed by atoms with Crippen LogP contribution in [0.2, 0.25) is 0 Å². The largest absolute Gasteiger partial charge is 0.444 e. The molecule has 0 fully saturated rings. The normalized spacial score (nSPS) is 12.1. The fraction of sp³-hybridized carbons (Fsp3) is 0.880. The molecule has 37 heavy (non-hydrogen) atoms. The summed E-state index contributed by atoms with van der Waals surface area (Å²) in [6.07, 6.45) is -1.70. The zero-order valence-corrected chi connectivity index (χ0v) is 24.2. The summed E-state index contributed by atoms with van der Waals surface area (Å²) < 4.78 is 26.9. The maximum absolute atomic E-state index is 12.8. The Kier molecular flexibility index (Phi) is 15.5. The van der Waals surface area contributed by atoms with Crippen LogP contribution in [0, 0.1) is 0 Å². The first-order valence-electron chi connectivity index (χ1n) is 12.6. The second-order valence-corrected chi connectivity index (χ2v) is 11.3. The van der Waals surface area contributed by atoms with Crippen LogP contribution in [-0.4, -0.2) is 116 Å². The number of rotatable bonds is 14. The Hall–Kier alpha value is -2.31. The van der Waals surface area contributed by atoms with Gasteiger partial charge in [-0.2, -0.15) is 0 Å². The molecule has 0 aliphatic heterocycles. The number of hydrogen-bond donors (Lipinski definition) is 2. The van der Waals surface area contributed by atoms with Crippen LogP contribution in [0.5, 0.6) is 0 Å². The van der Waals surface area contributed by atoms with E-state index in [2.05, 4.69) is 5.32 Å². The van der Waals surface area contributed by atoms with Gasteiger partial charge in [0.05, 0.1) is 33.0 Å². The molecule has 0 radical (unpaired) electrons.